The van der Waals surface area contributed by atoms with Crippen LogP contribution in [0, 0.1) is 12.8 Å². The molecule has 0 aromatic heterocycles. The van der Waals surface area contributed by atoms with E-state index in [1.807, 2.05) is 6.92 Å². The van der Waals surface area contributed by atoms with Gasteiger partial charge in [0.05, 0.1) is 11.2 Å². The Balaban J connectivity index is 2.41. The fraction of sp³-hybridized carbons (Fsp3) is 0.600. The fourth-order valence-corrected chi connectivity index (χ4v) is 3.28. The molecule has 1 nitrogen and oxygen atoms in total. The molecule has 1 fully saturated rings. The van der Waals surface area contributed by atoms with Gasteiger partial charge in [-0.3, -0.25) is 0 Å². The van der Waals surface area contributed by atoms with Gasteiger partial charge in [-0.2, -0.15) is 13.2 Å². The molecule has 0 radical (unpaired) electrons. The number of hydrogen-bond donors (Lipinski definition) is 1. The van der Waals surface area contributed by atoms with Crippen molar-refractivity contribution in [3.8, 4) is 0 Å². The van der Waals surface area contributed by atoms with Crippen LogP contribution in [0.3, 0.4) is 0 Å². The van der Waals surface area contributed by atoms with Gasteiger partial charge in [-0.25, -0.2) is 0 Å². The first-order chi connectivity index (χ1) is 8.79. The van der Waals surface area contributed by atoms with E-state index in [0.717, 1.165) is 31.4 Å². The highest BCUT2D eigenvalue weighted by Gasteiger charge is 2.42. The summed E-state index contributed by atoms with van der Waals surface area (Å²) in [6.07, 6.45) is -0.983. The van der Waals surface area contributed by atoms with Gasteiger partial charge in [0.2, 0.25) is 0 Å². The van der Waals surface area contributed by atoms with Crippen LogP contribution in [0.15, 0.2) is 18.2 Å². The van der Waals surface area contributed by atoms with Gasteiger partial charge in [-0.15, -0.1) is 0 Å². The summed E-state index contributed by atoms with van der Waals surface area (Å²) in [7, 11) is 0. The van der Waals surface area contributed by atoms with Gasteiger partial charge >= 0.3 is 6.18 Å². The lowest BCUT2D eigenvalue weighted by atomic mass is 9.80. The first-order valence-electron chi connectivity index (χ1n) is 6.69. The van der Waals surface area contributed by atoms with Gasteiger partial charge in [0, 0.05) is 0 Å². The highest BCUT2D eigenvalue weighted by molar-refractivity contribution is 5.37. The van der Waals surface area contributed by atoms with Gasteiger partial charge in [0.25, 0.3) is 0 Å². The van der Waals surface area contributed by atoms with E-state index in [1.54, 1.807) is 6.92 Å². The quantitative estimate of drug-likeness (QED) is 0.845. The minimum atomic E-state index is -4.33. The largest absolute Gasteiger partial charge is 0.416 e. The van der Waals surface area contributed by atoms with E-state index in [1.165, 1.54) is 6.07 Å². The molecule has 0 spiro atoms. The Bertz CT molecular complexity index is 467. The standard InChI is InChI=1S/C15H19F3O/c1-3-11-5-4-8-14(11,19)13-7-6-12(9-10(13)2)15(16,17)18/h6-7,9,11,19H,3-5,8H2,1-2H3. The molecule has 1 aliphatic carbocycles. The summed E-state index contributed by atoms with van der Waals surface area (Å²) in [5, 5.41) is 10.8. The molecule has 1 aliphatic rings. The molecule has 1 saturated carbocycles. The molecule has 0 bridgehead atoms. The van der Waals surface area contributed by atoms with Crippen LogP contribution in [0.5, 0.6) is 0 Å². The second kappa shape index (κ2) is 4.82. The predicted molar refractivity (Wildman–Crippen MR) is 67.7 cm³/mol. The molecule has 2 atom stereocenters. The Hall–Kier alpha value is -1.03. The first-order valence-corrected chi connectivity index (χ1v) is 6.69. The smallest absolute Gasteiger partial charge is 0.385 e. The zero-order valence-corrected chi connectivity index (χ0v) is 11.2. The van der Waals surface area contributed by atoms with Crippen molar-refractivity contribution in [3.05, 3.63) is 34.9 Å². The summed E-state index contributed by atoms with van der Waals surface area (Å²) in [5.74, 6) is 0.142. The summed E-state index contributed by atoms with van der Waals surface area (Å²) in [4.78, 5) is 0. The minimum Gasteiger partial charge on any atom is -0.385 e. The van der Waals surface area contributed by atoms with Crippen LogP contribution in [0.4, 0.5) is 13.2 Å². The van der Waals surface area contributed by atoms with Gasteiger partial charge in [-0.1, -0.05) is 19.4 Å². The second-order valence-electron chi connectivity index (χ2n) is 5.45. The summed E-state index contributed by atoms with van der Waals surface area (Å²) >= 11 is 0. The average Bonchev–Trinajstić information content (AvgIpc) is 2.70. The van der Waals surface area contributed by atoms with Gasteiger partial charge < -0.3 is 5.11 Å². The third-order valence-corrected chi connectivity index (χ3v) is 4.30. The number of aliphatic hydroxyl groups is 1. The first kappa shape index (κ1) is 14.4. The number of benzene rings is 1. The van der Waals surface area contributed by atoms with E-state index in [-0.39, 0.29) is 5.92 Å². The molecule has 1 N–H and O–H groups in total. The van der Waals surface area contributed by atoms with Crippen molar-refractivity contribution >= 4 is 0 Å². The van der Waals surface area contributed by atoms with Crippen molar-refractivity contribution < 1.29 is 18.3 Å². The maximum atomic E-state index is 12.7. The van der Waals surface area contributed by atoms with Crippen molar-refractivity contribution in [2.45, 2.75) is 51.3 Å². The normalized spacial score (nSPS) is 27.8. The van der Waals surface area contributed by atoms with Crippen molar-refractivity contribution in [1.82, 2.24) is 0 Å². The molecule has 1 aromatic rings. The van der Waals surface area contributed by atoms with Gasteiger partial charge in [0.15, 0.2) is 0 Å². The Kier molecular flexibility index (Phi) is 3.65. The molecule has 0 saturated heterocycles. The van der Waals surface area contributed by atoms with E-state index in [2.05, 4.69) is 0 Å². The molecular weight excluding hydrogens is 253 g/mol. The van der Waals surface area contributed by atoms with Crippen LogP contribution in [0.25, 0.3) is 0 Å². The van der Waals surface area contributed by atoms with E-state index in [9.17, 15) is 18.3 Å². The molecule has 106 valence electrons. The topological polar surface area (TPSA) is 20.2 Å². The Labute approximate surface area is 111 Å². The van der Waals surface area contributed by atoms with Crippen LogP contribution in [0.1, 0.15) is 49.3 Å². The fourth-order valence-electron chi connectivity index (χ4n) is 3.28. The lowest BCUT2D eigenvalue weighted by Gasteiger charge is -2.32. The molecule has 2 unspecified atom stereocenters. The van der Waals surface area contributed by atoms with E-state index < -0.39 is 17.3 Å². The summed E-state index contributed by atoms with van der Waals surface area (Å²) in [6.45, 7) is 3.66. The van der Waals surface area contributed by atoms with E-state index >= 15 is 0 Å². The molecule has 0 heterocycles. The highest BCUT2D eigenvalue weighted by Crippen LogP contribution is 2.46. The van der Waals surface area contributed by atoms with E-state index in [4.69, 9.17) is 0 Å². The van der Waals surface area contributed by atoms with Crippen LogP contribution in [-0.4, -0.2) is 5.11 Å². The number of alkyl halides is 3. The Morgan fingerprint density at radius 2 is 2.05 bits per heavy atom. The maximum absolute atomic E-state index is 12.7. The Morgan fingerprint density at radius 1 is 1.37 bits per heavy atom. The summed E-state index contributed by atoms with van der Waals surface area (Å²) in [6, 6.07) is 3.66. The molecule has 1 aromatic carbocycles. The molecule has 4 heteroatoms. The summed E-state index contributed by atoms with van der Waals surface area (Å²) in [5.41, 5.74) is -0.422. The minimum absolute atomic E-state index is 0.142. The van der Waals surface area contributed by atoms with Crippen LogP contribution in [0.2, 0.25) is 0 Å². The second-order valence-corrected chi connectivity index (χ2v) is 5.45. The lowest BCUT2D eigenvalue weighted by molar-refractivity contribution is -0.137. The van der Waals surface area contributed by atoms with Crippen LogP contribution < -0.4 is 0 Å². The Morgan fingerprint density at radius 3 is 2.58 bits per heavy atom. The number of halogens is 3. The zero-order valence-electron chi connectivity index (χ0n) is 11.2. The van der Waals surface area contributed by atoms with Crippen molar-refractivity contribution in [2.24, 2.45) is 5.92 Å². The SMILES string of the molecule is CCC1CCCC1(O)c1ccc(C(F)(F)F)cc1C. The lowest BCUT2D eigenvalue weighted by Crippen LogP contribution is -2.31. The van der Waals surface area contributed by atoms with Gasteiger partial charge in [-0.05, 0) is 55.4 Å². The summed E-state index contributed by atoms with van der Waals surface area (Å²) < 4.78 is 38.0. The monoisotopic (exact) mass is 272 g/mol. The van der Waals surface area contributed by atoms with E-state index in [0.29, 0.717) is 17.5 Å². The third-order valence-electron chi connectivity index (χ3n) is 4.30. The van der Waals surface area contributed by atoms with Crippen LogP contribution in [-0.2, 0) is 11.8 Å². The molecular formula is C15H19F3O. The number of rotatable bonds is 2. The zero-order chi connectivity index (χ0) is 14.3. The van der Waals surface area contributed by atoms with Crippen molar-refractivity contribution in [3.63, 3.8) is 0 Å². The molecule has 19 heavy (non-hydrogen) atoms. The average molecular weight is 272 g/mol. The molecule has 0 aliphatic heterocycles. The van der Waals surface area contributed by atoms with Crippen molar-refractivity contribution in [1.29, 1.82) is 0 Å². The number of hydrogen-bond acceptors (Lipinski definition) is 1. The highest BCUT2D eigenvalue weighted by atomic mass is 19.4. The van der Waals surface area contributed by atoms with Crippen molar-refractivity contribution in [2.75, 3.05) is 0 Å². The predicted octanol–water partition coefficient (Wildman–Crippen LogP) is 4.41. The third kappa shape index (κ3) is 2.50. The molecule has 0 amide bonds. The van der Waals surface area contributed by atoms with Gasteiger partial charge in [0.1, 0.15) is 0 Å². The number of aryl methyl sites for hydroxylation is 1. The maximum Gasteiger partial charge on any atom is 0.416 e. The molecule has 2 rings (SSSR count). The van der Waals surface area contributed by atoms with Crippen LogP contribution >= 0.6 is 0 Å².